The van der Waals surface area contributed by atoms with Crippen molar-refractivity contribution in [2.24, 2.45) is 5.73 Å². The van der Waals surface area contributed by atoms with E-state index in [-0.39, 0.29) is 6.54 Å². The molecule has 0 aliphatic rings. The number of hydrogen-bond acceptors (Lipinski definition) is 3. The Morgan fingerprint density at radius 2 is 2.11 bits per heavy atom. The van der Waals surface area contributed by atoms with Gasteiger partial charge in [-0.1, -0.05) is 30.3 Å². The topological polar surface area (TPSA) is 81.1 Å². The summed E-state index contributed by atoms with van der Waals surface area (Å²) in [5.41, 5.74) is 5.37. The van der Waals surface area contributed by atoms with Gasteiger partial charge in [0.15, 0.2) is 0 Å². The van der Waals surface area contributed by atoms with Gasteiger partial charge in [-0.2, -0.15) is 0 Å². The van der Waals surface area contributed by atoms with Crippen LogP contribution in [0.15, 0.2) is 42.7 Å². The van der Waals surface area contributed by atoms with Crippen LogP contribution in [0.5, 0.6) is 0 Å². The second-order valence-electron chi connectivity index (χ2n) is 4.47. The lowest BCUT2D eigenvalue weighted by Gasteiger charge is -2.20. The summed E-state index contributed by atoms with van der Waals surface area (Å²) in [6.07, 6.45) is 3.37. The third-order valence-corrected chi connectivity index (χ3v) is 2.73. The Hall–Kier alpha value is -2.14. The van der Waals surface area contributed by atoms with Crippen molar-refractivity contribution < 1.29 is 9.90 Å². The number of hydrogen-bond donors (Lipinski definition) is 2. The van der Waals surface area contributed by atoms with E-state index in [1.165, 1.54) is 6.92 Å². The molecule has 0 fully saturated rings. The summed E-state index contributed by atoms with van der Waals surface area (Å²) in [6.45, 7) is 1.66. The van der Waals surface area contributed by atoms with Crippen LogP contribution in [-0.2, 0) is 11.3 Å². The van der Waals surface area contributed by atoms with Crippen molar-refractivity contribution in [3.05, 3.63) is 42.7 Å². The Morgan fingerprint density at radius 1 is 1.44 bits per heavy atom. The third-order valence-electron chi connectivity index (χ3n) is 2.73. The van der Waals surface area contributed by atoms with Crippen molar-refractivity contribution >= 4 is 5.97 Å². The Kier molecular flexibility index (Phi) is 3.16. The molecular formula is C13H15N3O2. The van der Waals surface area contributed by atoms with Gasteiger partial charge in [-0.15, -0.1) is 0 Å². The number of rotatable bonds is 4. The molecule has 1 aromatic heterocycles. The summed E-state index contributed by atoms with van der Waals surface area (Å²) < 4.78 is 1.75. The molecule has 5 nitrogen and oxygen atoms in total. The first-order valence-corrected chi connectivity index (χ1v) is 5.59. The highest BCUT2D eigenvalue weighted by Crippen LogP contribution is 2.18. The van der Waals surface area contributed by atoms with Gasteiger partial charge >= 0.3 is 5.97 Å². The predicted octanol–water partition coefficient (Wildman–Crippen LogP) is 1.35. The molecule has 94 valence electrons. The van der Waals surface area contributed by atoms with E-state index in [4.69, 9.17) is 10.8 Å². The standard InChI is InChI=1S/C13H15N3O2/c1-13(14,12(17)18)9-16-8-7-15-11(16)10-5-3-2-4-6-10/h2-8H,9,14H2,1H3,(H,17,18). The van der Waals surface area contributed by atoms with Crippen molar-refractivity contribution in [3.63, 3.8) is 0 Å². The highest BCUT2D eigenvalue weighted by Gasteiger charge is 2.29. The van der Waals surface area contributed by atoms with Gasteiger partial charge in [0.2, 0.25) is 0 Å². The lowest BCUT2D eigenvalue weighted by atomic mass is 10.0. The molecular weight excluding hydrogens is 230 g/mol. The van der Waals surface area contributed by atoms with E-state index in [1.54, 1.807) is 17.0 Å². The number of nitrogens with zero attached hydrogens (tertiary/aromatic N) is 2. The molecule has 0 bridgehead atoms. The number of aliphatic carboxylic acids is 1. The van der Waals surface area contributed by atoms with E-state index in [9.17, 15) is 4.79 Å². The minimum absolute atomic E-state index is 0.173. The Bertz CT molecular complexity index is 546. The molecule has 1 heterocycles. The summed E-state index contributed by atoms with van der Waals surface area (Å²) in [5.74, 6) is -0.316. The van der Waals surface area contributed by atoms with E-state index >= 15 is 0 Å². The summed E-state index contributed by atoms with van der Waals surface area (Å²) in [4.78, 5) is 15.3. The first kappa shape index (κ1) is 12.3. The zero-order valence-electron chi connectivity index (χ0n) is 10.1. The quantitative estimate of drug-likeness (QED) is 0.852. The predicted molar refractivity (Wildman–Crippen MR) is 67.9 cm³/mol. The molecule has 0 radical (unpaired) electrons. The molecule has 0 aliphatic heterocycles. The van der Waals surface area contributed by atoms with Gasteiger partial charge in [-0.05, 0) is 6.92 Å². The fourth-order valence-corrected chi connectivity index (χ4v) is 1.71. The first-order valence-electron chi connectivity index (χ1n) is 5.59. The average Bonchev–Trinajstić information content (AvgIpc) is 2.77. The van der Waals surface area contributed by atoms with Crippen molar-refractivity contribution in [2.75, 3.05) is 0 Å². The largest absolute Gasteiger partial charge is 0.480 e. The van der Waals surface area contributed by atoms with E-state index in [0.29, 0.717) is 5.82 Å². The molecule has 3 N–H and O–H groups in total. The number of benzene rings is 1. The van der Waals surface area contributed by atoms with E-state index in [0.717, 1.165) is 5.56 Å². The average molecular weight is 245 g/mol. The maximum absolute atomic E-state index is 11.0. The van der Waals surface area contributed by atoms with E-state index in [1.807, 2.05) is 30.3 Å². The fraction of sp³-hybridized carbons (Fsp3) is 0.231. The molecule has 0 saturated heterocycles. The highest BCUT2D eigenvalue weighted by atomic mass is 16.4. The van der Waals surface area contributed by atoms with Gasteiger partial charge in [0.1, 0.15) is 11.4 Å². The van der Waals surface area contributed by atoms with Crippen LogP contribution < -0.4 is 5.73 Å². The van der Waals surface area contributed by atoms with Crippen molar-refractivity contribution in [3.8, 4) is 11.4 Å². The van der Waals surface area contributed by atoms with Crippen LogP contribution in [0.3, 0.4) is 0 Å². The van der Waals surface area contributed by atoms with Crippen LogP contribution in [0.4, 0.5) is 0 Å². The molecule has 2 rings (SSSR count). The SMILES string of the molecule is CC(N)(Cn1ccnc1-c1ccccc1)C(=O)O. The highest BCUT2D eigenvalue weighted by molar-refractivity contribution is 5.77. The zero-order valence-corrected chi connectivity index (χ0v) is 10.1. The van der Waals surface area contributed by atoms with Gasteiger partial charge in [-0.25, -0.2) is 4.98 Å². The van der Waals surface area contributed by atoms with E-state index in [2.05, 4.69) is 4.98 Å². The van der Waals surface area contributed by atoms with Gasteiger partial charge in [-0.3, -0.25) is 4.79 Å². The molecule has 18 heavy (non-hydrogen) atoms. The molecule has 5 heteroatoms. The molecule has 0 aliphatic carbocycles. The number of carboxylic acid groups (broad SMARTS) is 1. The maximum atomic E-state index is 11.0. The Balaban J connectivity index is 2.32. The number of carboxylic acids is 1. The summed E-state index contributed by atoms with van der Waals surface area (Å²) >= 11 is 0. The van der Waals surface area contributed by atoms with Crippen LogP contribution in [0.1, 0.15) is 6.92 Å². The molecule has 0 amide bonds. The second-order valence-corrected chi connectivity index (χ2v) is 4.47. The van der Waals surface area contributed by atoms with Crippen LogP contribution >= 0.6 is 0 Å². The minimum atomic E-state index is -1.32. The molecule has 2 aromatic rings. The molecule has 1 atom stereocenters. The van der Waals surface area contributed by atoms with Crippen molar-refractivity contribution in [1.29, 1.82) is 0 Å². The molecule has 0 spiro atoms. The van der Waals surface area contributed by atoms with Crippen molar-refractivity contribution in [1.82, 2.24) is 9.55 Å². The van der Waals surface area contributed by atoms with Gasteiger partial charge in [0.05, 0.1) is 6.54 Å². The maximum Gasteiger partial charge on any atom is 0.325 e. The zero-order chi connectivity index (χ0) is 13.2. The Morgan fingerprint density at radius 3 is 2.72 bits per heavy atom. The summed E-state index contributed by atoms with van der Waals surface area (Å²) in [7, 11) is 0. The van der Waals surface area contributed by atoms with Crippen LogP contribution in [-0.4, -0.2) is 26.2 Å². The van der Waals surface area contributed by atoms with Gasteiger partial charge in [0, 0.05) is 18.0 Å². The fourth-order valence-electron chi connectivity index (χ4n) is 1.71. The summed E-state index contributed by atoms with van der Waals surface area (Å²) in [5, 5.41) is 9.04. The molecule has 0 saturated carbocycles. The smallest absolute Gasteiger partial charge is 0.325 e. The normalized spacial score (nSPS) is 14.1. The number of nitrogens with two attached hydrogens (primary N) is 1. The third kappa shape index (κ3) is 2.41. The second kappa shape index (κ2) is 4.62. The molecule has 1 aromatic carbocycles. The monoisotopic (exact) mass is 245 g/mol. The van der Waals surface area contributed by atoms with E-state index < -0.39 is 11.5 Å². The first-order chi connectivity index (χ1) is 8.50. The van der Waals surface area contributed by atoms with Gasteiger partial charge < -0.3 is 15.4 Å². The number of aromatic nitrogens is 2. The van der Waals surface area contributed by atoms with Crippen LogP contribution in [0, 0.1) is 0 Å². The van der Waals surface area contributed by atoms with Crippen LogP contribution in [0.25, 0.3) is 11.4 Å². The summed E-state index contributed by atoms with van der Waals surface area (Å²) in [6, 6.07) is 9.59. The minimum Gasteiger partial charge on any atom is -0.480 e. The molecule has 1 unspecified atom stereocenters. The van der Waals surface area contributed by atoms with Crippen LogP contribution in [0.2, 0.25) is 0 Å². The van der Waals surface area contributed by atoms with Gasteiger partial charge in [0.25, 0.3) is 0 Å². The number of carbonyl (C=O) groups is 1. The van der Waals surface area contributed by atoms with Crippen molar-refractivity contribution in [2.45, 2.75) is 19.0 Å². The lowest BCUT2D eigenvalue weighted by Crippen LogP contribution is -2.48. The number of imidazole rings is 1. The Labute approximate surface area is 105 Å². The lowest BCUT2D eigenvalue weighted by molar-refractivity contribution is -0.143.